The van der Waals surface area contributed by atoms with E-state index in [4.69, 9.17) is 5.26 Å². The third kappa shape index (κ3) is 2.76. The van der Waals surface area contributed by atoms with E-state index in [9.17, 15) is 4.39 Å². The van der Waals surface area contributed by atoms with Gasteiger partial charge in [0, 0.05) is 4.83 Å². The van der Waals surface area contributed by atoms with Crippen LogP contribution in [0.25, 0.3) is 0 Å². The van der Waals surface area contributed by atoms with Gasteiger partial charge >= 0.3 is 0 Å². The van der Waals surface area contributed by atoms with Gasteiger partial charge in [0.05, 0.1) is 11.6 Å². The highest BCUT2D eigenvalue weighted by Crippen LogP contribution is 2.38. The van der Waals surface area contributed by atoms with Gasteiger partial charge in [-0.15, -0.1) is 0 Å². The lowest BCUT2D eigenvalue weighted by atomic mass is 9.81. The number of allylic oxidation sites excluding steroid dienone is 1. The molecule has 0 heterocycles. The van der Waals surface area contributed by atoms with Gasteiger partial charge in [-0.05, 0) is 48.9 Å². The van der Waals surface area contributed by atoms with Crippen molar-refractivity contribution in [1.82, 2.24) is 0 Å². The van der Waals surface area contributed by atoms with Crippen molar-refractivity contribution in [3.05, 3.63) is 47.3 Å². The van der Waals surface area contributed by atoms with Gasteiger partial charge < -0.3 is 0 Å². The van der Waals surface area contributed by atoms with Crippen LogP contribution in [0.2, 0.25) is 0 Å². The largest absolute Gasteiger partial charge is 0.207 e. The quantitative estimate of drug-likeness (QED) is 0.560. The highest BCUT2D eigenvalue weighted by Gasteiger charge is 2.24. The lowest BCUT2D eigenvalue weighted by Crippen LogP contribution is -2.16. The lowest BCUT2D eigenvalue weighted by molar-refractivity contribution is 0.525. The number of nitriles is 1. The minimum absolute atomic E-state index is 0.301. The first kappa shape index (κ1) is 12.3. The molecule has 0 aromatic heterocycles. The first-order valence-corrected chi connectivity index (χ1v) is 6.54. The van der Waals surface area contributed by atoms with Crippen LogP contribution < -0.4 is 0 Å². The van der Waals surface area contributed by atoms with Crippen molar-refractivity contribution in [3.8, 4) is 6.07 Å². The van der Waals surface area contributed by atoms with Gasteiger partial charge in [0.2, 0.25) is 0 Å². The molecule has 0 N–H and O–H groups in total. The molecule has 0 radical (unpaired) electrons. The zero-order valence-electron chi connectivity index (χ0n) is 9.42. The average Bonchev–Trinajstić information content (AvgIpc) is 2.32. The summed E-state index contributed by atoms with van der Waals surface area (Å²) in [5, 5.41) is 8.84. The summed E-state index contributed by atoms with van der Waals surface area (Å²) in [4.78, 5) is 0.301. The SMILES string of the molecule is C=C1CCC(c2cc(F)cc(C#N)c2)CC1Br. The van der Waals surface area contributed by atoms with Gasteiger partial charge in [0.25, 0.3) is 0 Å². The smallest absolute Gasteiger partial charge is 0.124 e. The van der Waals surface area contributed by atoms with Crippen molar-refractivity contribution in [2.45, 2.75) is 30.0 Å². The molecule has 0 saturated heterocycles. The minimum Gasteiger partial charge on any atom is -0.207 e. The van der Waals surface area contributed by atoms with Gasteiger partial charge in [0.1, 0.15) is 5.82 Å². The van der Waals surface area contributed by atoms with Crippen LogP contribution in [-0.4, -0.2) is 4.83 Å². The normalized spacial score (nSPS) is 24.4. The molecule has 1 saturated carbocycles. The van der Waals surface area contributed by atoms with Crippen molar-refractivity contribution in [2.24, 2.45) is 0 Å². The summed E-state index contributed by atoms with van der Waals surface area (Å²) >= 11 is 3.59. The van der Waals surface area contributed by atoms with E-state index in [1.54, 1.807) is 12.1 Å². The number of nitrogens with zero attached hydrogens (tertiary/aromatic N) is 1. The van der Waals surface area contributed by atoms with Crippen molar-refractivity contribution in [1.29, 1.82) is 5.26 Å². The fraction of sp³-hybridized carbons (Fsp3) is 0.357. The van der Waals surface area contributed by atoms with E-state index in [1.807, 2.05) is 6.07 Å². The average molecular weight is 294 g/mol. The third-order valence-corrected chi connectivity index (χ3v) is 4.29. The summed E-state index contributed by atoms with van der Waals surface area (Å²) in [6.45, 7) is 4.00. The molecule has 0 amide bonds. The Morgan fingerprint density at radius 2 is 2.18 bits per heavy atom. The van der Waals surface area contributed by atoms with E-state index in [0.29, 0.717) is 16.3 Å². The Labute approximate surface area is 109 Å². The number of hydrogen-bond acceptors (Lipinski definition) is 1. The van der Waals surface area contributed by atoms with Crippen LogP contribution in [0, 0.1) is 17.1 Å². The fourth-order valence-corrected chi connectivity index (χ4v) is 2.95. The van der Waals surface area contributed by atoms with Crippen molar-refractivity contribution < 1.29 is 4.39 Å². The molecule has 17 heavy (non-hydrogen) atoms. The van der Waals surface area contributed by atoms with Crippen LogP contribution in [0.3, 0.4) is 0 Å². The van der Waals surface area contributed by atoms with Crippen LogP contribution >= 0.6 is 15.9 Å². The van der Waals surface area contributed by atoms with E-state index in [0.717, 1.165) is 24.8 Å². The van der Waals surface area contributed by atoms with Gasteiger partial charge in [-0.3, -0.25) is 0 Å². The maximum atomic E-state index is 13.4. The van der Waals surface area contributed by atoms with E-state index in [-0.39, 0.29) is 5.82 Å². The molecule has 2 atom stereocenters. The second kappa shape index (κ2) is 5.01. The number of rotatable bonds is 1. The second-order valence-electron chi connectivity index (χ2n) is 4.48. The Morgan fingerprint density at radius 3 is 2.82 bits per heavy atom. The molecule has 1 fully saturated rings. The van der Waals surface area contributed by atoms with Crippen molar-refractivity contribution in [3.63, 3.8) is 0 Å². The van der Waals surface area contributed by atoms with Gasteiger partial charge in [-0.25, -0.2) is 4.39 Å². The van der Waals surface area contributed by atoms with Crippen molar-refractivity contribution >= 4 is 15.9 Å². The highest BCUT2D eigenvalue weighted by molar-refractivity contribution is 9.09. The summed E-state index contributed by atoms with van der Waals surface area (Å²) in [7, 11) is 0. The summed E-state index contributed by atoms with van der Waals surface area (Å²) in [6.07, 6.45) is 2.86. The number of alkyl halides is 1. The molecule has 2 rings (SSSR count). The Balaban J connectivity index is 2.26. The second-order valence-corrected chi connectivity index (χ2v) is 5.59. The maximum Gasteiger partial charge on any atom is 0.124 e. The minimum atomic E-state index is -0.324. The molecule has 2 unspecified atom stereocenters. The summed E-state index contributed by atoms with van der Waals surface area (Å²) in [5.41, 5.74) is 2.53. The van der Waals surface area contributed by atoms with Crippen LogP contribution in [0.1, 0.15) is 36.3 Å². The first-order chi connectivity index (χ1) is 8.10. The molecule has 0 bridgehead atoms. The Bertz CT molecular complexity index is 489. The molecule has 1 aliphatic carbocycles. The first-order valence-electron chi connectivity index (χ1n) is 5.62. The topological polar surface area (TPSA) is 23.8 Å². The molecule has 1 nitrogen and oxygen atoms in total. The van der Waals surface area contributed by atoms with Gasteiger partial charge in [-0.1, -0.05) is 28.1 Å². The summed E-state index contributed by atoms with van der Waals surface area (Å²) in [5.74, 6) is -0.0118. The molecule has 1 aromatic rings. The van der Waals surface area contributed by atoms with Gasteiger partial charge in [-0.2, -0.15) is 5.26 Å². The Kier molecular flexibility index (Phi) is 3.63. The molecule has 0 spiro atoms. The zero-order valence-corrected chi connectivity index (χ0v) is 11.0. The van der Waals surface area contributed by atoms with Crippen LogP contribution in [0.5, 0.6) is 0 Å². The lowest BCUT2D eigenvalue weighted by Gasteiger charge is -2.28. The number of halogens is 2. The predicted molar refractivity (Wildman–Crippen MR) is 69.6 cm³/mol. The molecule has 3 heteroatoms. The third-order valence-electron chi connectivity index (χ3n) is 3.27. The van der Waals surface area contributed by atoms with E-state index < -0.39 is 0 Å². The predicted octanol–water partition coefficient (Wildman–Crippen LogP) is 4.28. The van der Waals surface area contributed by atoms with E-state index in [2.05, 4.69) is 22.5 Å². The maximum absolute atomic E-state index is 13.4. The van der Waals surface area contributed by atoms with Crippen LogP contribution in [-0.2, 0) is 0 Å². The molecule has 88 valence electrons. The Morgan fingerprint density at radius 1 is 1.41 bits per heavy atom. The number of hydrogen-bond donors (Lipinski definition) is 0. The monoisotopic (exact) mass is 293 g/mol. The highest BCUT2D eigenvalue weighted by atomic mass is 79.9. The van der Waals surface area contributed by atoms with Crippen LogP contribution in [0.4, 0.5) is 4.39 Å². The summed E-state index contributed by atoms with van der Waals surface area (Å²) in [6, 6.07) is 6.61. The molecular formula is C14H13BrFN. The van der Waals surface area contributed by atoms with Gasteiger partial charge in [0.15, 0.2) is 0 Å². The molecular weight excluding hydrogens is 281 g/mol. The zero-order chi connectivity index (χ0) is 12.4. The summed E-state index contributed by atoms with van der Waals surface area (Å²) < 4.78 is 13.4. The molecule has 0 aliphatic heterocycles. The van der Waals surface area contributed by atoms with E-state index in [1.165, 1.54) is 11.6 Å². The van der Waals surface area contributed by atoms with Crippen LogP contribution in [0.15, 0.2) is 30.4 Å². The van der Waals surface area contributed by atoms with Crippen molar-refractivity contribution in [2.75, 3.05) is 0 Å². The van der Waals surface area contributed by atoms with E-state index >= 15 is 0 Å². The molecule has 1 aromatic carbocycles. The molecule has 1 aliphatic rings. The Hall–Kier alpha value is -1.14. The number of benzene rings is 1. The fourth-order valence-electron chi connectivity index (χ4n) is 2.27. The standard InChI is InChI=1S/C14H13BrFN/c1-9-2-3-11(7-14(9)15)12-4-10(8-17)5-13(16)6-12/h4-6,11,14H,1-3,7H2.